The van der Waals surface area contributed by atoms with Crippen molar-refractivity contribution in [1.29, 1.82) is 0 Å². The van der Waals surface area contributed by atoms with Crippen LogP contribution in [0.1, 0.15) is 37.2 Å². The van der Waals surface area contributed by atoms with E-state index < -0.39 is 5.54 Å². The molecule has 0 aliphatic carbocycles. The quantitative estimate of drug-likeness (QED) is 0.859. The predicted molar refractivity (Wildman–Crippen MR) is 77.7 cm³/mol. The van der Waals surface area contributed by atoms with Crippen molar-refractivity contribution < 1.29 is 14.4 Å². The SMILES string of the molecule is CCC(CC)(CO)NC(=O)c1cc(-c2cccs2)on1. The number of carbonyl (C=O) groups excluding carboxylic acids is 1. The van der Waals surface area contributed by atoms with Crippen LogP contribution in [0.15, 0.2) is 28.1 Å². The van der Waals surface area contributed by atoms with E-state index in [0.717, 1.165) is 4.88 Å². The van der Waals surface area contributed by atoms with Crippen LogP contribution in [0.3, 0.4) is 0 Å². The van der Waals surface area contributed by atoms with Gasteiger partial charge in [0.1, 0.15) is 0 Å². The van der Waals surface area contributed by atoms with Crippen LogP contribution in [0.25, 0.3) is 10.6 Å². The predicted octanol–water partition coefficient (Wildman–Crippen LogP) is 2.68. The Kier molecular flexibility index (Phi) is 4.57. The molecule has 2 aromatic heterocycles. The van der Waals surface area contributed by atoms with Crippen molar-refractivity contribution in [2.45, 2.75) is 32.2 Å². The second-order valence-corrected chi connectivity index (χ2v) is 5.60. The maximum absolute atomic E-state index is 12.2. The molecule has 0 saturated carbocycles. The van der Waals surface area contributed by atoms with E-state index in [1.165, 1.54) is 11.3 Å². The standard InChI is InChI=1S/C14H18N2O3S/c1-3-14(4-2,9-17)15-13(18)10-8-11(19-16-10)12-6-5-7-20-12/h5-8,17H,3-4,9H2,1-2H3,(H,15,18). The number of aliphatic hydroxyl groups excluding tert-OH is 1. The van der Waals surface area contributed by atoms with Crippen molar-refractivity contribution >= 4 is 17.2 Å². The Hall–Kier alpha value is -1.66. The highest BCUT2D eigenvalue weighted by atomic mass is 32.1. The number of amides is 1. The Morgan fingerprint density at radius 2 is 2.25 bits per heavy atom. The smallest absolute Gasteiger partial charge is 0.273 e. The molecule has 20 heavy (non-hydrogen) atoms. The summed E-state index contributed by atoms with van der Waals surface area (Å²) in [5, 5.41) is 18.0. The topological polar surface area (TPSA) is 75.4 Å². The summed E-state index contributed by atoms with van der Waals surface area (Å²) < 4.78 is 5.18. The lowest BCUT2D eigenvalue weighted by atomic mass is 9.93. The zero-order valence-corrected chi connectivity index (χ0v) is 12.4. The summed E-state index contributed by atoms with van der Waals surface area (Å²) in [6, 6.07) is 5.44. The maximum Gasteiger partial charge on any atom is 0.273 e. The lowest BCUT2D eigenvalue weighted by Gasteiger charge is -2.30. The minimum Gasteiger partial charge on any atom is -0.394 e. The van der Waals surface area contributed by atoms with Crippen molar-refractivity contribution in [3.8, 4) is 10.6 Å². The van der Waals surface area contributed by atoms with E-state index >= 15 is 0 Å². The van der Waals surface area contributed by atoms with Gasteiger partial charge < -0.3 is 14.9 Å². The van der Waals surface area contributed by atoms with Gasteiger partial charge in [-0.15, -0.1) is 11.3 Å². The summed E-state index contributed by atoms with van der Waals surface area (Å²) in [4.78, 5) is 13.1. The highest BCUT2D eigenvalue weighted by Gasteiger charge is 2.28. The Bertz CT molecular complexity index is 550. The number of aliphatic hydroxyl groups is 1. The first kappa shape index (κ1) is 14.7. The third-order valence-corrected chi connectivity index (χ3v) is 4.43. The maximum atomic E-state index is 12.2. The molecular formula is C14H18N2O3S. The van der Waals surface area contributed by atoms with Crippen LogP contribution in [0.2, 0.25) is 0 Å². The van der Waals surface area contributed by atoms with Gasteiger partial charge in [0.05, 0.1) is 17.0 Å². The largest absolute Gasteiger partial charge is 0.394 e. The first-order valence-electron chi connectivity index (χ1n) is 6.58. The molecule has 0 saturated heterocycles. The fraction of sp³-hybridized carbons (Fsp3) is 0.429. The van der Waals surface area contributed by atoms with E-state index in [0.29, 0.717) is 18.6 Å². The molecule has 5 nitrogen and oxygen atoms in total. The van der Waals surface area contributed by atoms with E-state index in [9.17, 15) is 9.90 Å². The average Bonchev–Trinajstić information content (AvgIpc) is 3.14. The van der Waals surface area contributed by atoms with Gasteiger partial charge in [0.25, 0.3) is 5.91 Å². The highest BCUT2D eigenvalue weighted by molar-refractivity contribution is 7.13. The third kappa shape index (κ3) is 2.91. The number of aromatic nitrogens is 1. The fourth-order valence-corrected chi connectivity index (χ4v) is 2.59. The molecular weight excluding hydrogens is 276 g/mol. The van der Waals surface area contributed by atoms with Gasteiger partial charge >= 0.3 is 0 Å². The number of carbonyl (C=O) groups is 1. The lowest BCUT2D eigenvalue weighted by Crippen LogP contribution is -2.50. The molecule has 0 fully saturated rings. The van der Waals surface area contributed by atoms with Gasteiger partial charge in [0.15, 0.2) is 11.5 Å². The molecule has 108 valence electrons. The van der Waals surface area contributed by atoms with Crippen LogP contribution in [-0.4, -0.2) is 28.3 Å². The molecule has 2 N–H and O–H groups in total. The number of nitrogens with zero attached hydrogens (tertiary/aromatic N) is 1. The summed E-state index contributed by atoms with van der Waals surface area (Å²) in [6.45, 7) is 3.77. The average molecular weight is 294 g/mol. The highest BCUT2D eigenvalue weighted by Crippen LogP contribution is 2.25. The Balaban J connectivity index is 2.14. The van der Waals surface area contributed by atoms with Crippen LogP contribution in [0, 0.1) is 0 Å². The number of thiophene rings is 1. The van der Waals surface area contributed by atoms with Crippen LogP contribution < -0.4 is 5.32 Å². The first-order valence-corrected chi connectivity index (χ1v) is 7.46. The van der Waals surface area contributed by atoms with Gasteiger partial charge in [-0.05, 0) is 24.3 Å². The summed E-state index contributed by atoms with van der Waals surface area (Å²) in [6.07, 6.45) is 1.31. The molecule has 2 rings (SSSR count). The van der Waals surface area contributed by atoms with E-state index in [-0.39, 0.29) is 18.2 Å². The summed E-state index contributed by atoms with van der Waals surface area (Å²) in [5.41, 5.74) is -0.368. The number of rotatable bonds is 6. The number of hydrogen-bond donors (Lipinski definition) is 2. The van der Waals surface area contributed by atoms with Gasteiger partial charge in [-0.3, -0.25) is 4.79 Å². The van der Waals surface area contributed by atoms with Gasteiger partial charge in [0.2, 0.25) is 0 Å². The monoisotopic (exact) mass is 294 g/mol. The van der Waals surface area contributed by atoms with Crippen LogP contribution in [0.5, 0.6) is 0 Å². The van der Waals surface area contributed by atoms with Gasteiger partial charge in [-0.1, -0.05) is 25.1 Å². The molecule has 1 amide bonds. The van der Waals surface area contributed by atoms with Crippen LogP contribution in [0.4, 0.5) is 0 Å². The number of nitrogens with one attached hydrogen (secondary N) is 1. The van der Waals surface area contributed by atoms with E-state index in [2.05, 4.69) is 10.5 Å². The minimum atomic E-state index is -0.598. The number of hydrogen-bond acceptors (Lipinski definition) is 5. The van der Waals surface area contributed by atoms with Crippen molar-refractivity contribution in [3.63, 3.8) is 0 Å². The molecule has 2 aromatic rings. The molecule has 0 radical (unpaired) electrons. The Morgan fingerprint density at radius 1 is 1.50 bits per heavy atom. The Labute approximate surface area is 121 Å². The molecule has 0 unspecified atom stereocenters. The second-order valence-electron chi connectivity index (χ2n) is 4.65. The molecule has 2 heterocycles. The molecule has 0 bridgehead atoms. The van der Waals surface area contributed by atoms with Crippen molar-refractivity contribution in [1.82, 2.24) is 10.5 Å². The lowest BCUT2D eigenvalue weighted by molar-refractivity contribution is 0.0809. The second kappa shape index (κ2) is 6.19. The molecule has 0 aliphatic heterocycles. The van der Waals surface area contributed by atoms with Crippen molar-refractivity contribution in [2.75, 3.05) is 6.61 Å². The zero-order valence-electron chi connectivity index (χ0n) is 11.5. The van der Waals surface area contributed by atoms with Crippen LogP contribution >= 0.6 is 11.3 Å². The van der Waals surface area contributed by atoms with Crippen molar-refractivity contribution in [2.24, 2.45) is 0 Å². The van der Waals surface area contributed by atoms with Gasteiger partial charge in [0, 0.05) is 6.07 Å². The van der Waals surface area contributed by atoms with E-state index in [1.54, 1.807) is 6.07 Å². The first-order chi connectivity index (χ1) is 9.64. The minimum absolute atomic E-state index is 0.0959. The van der Waals surface area contributed by atoms with Gasteiger partial charge in [-0.25, -0.2) is 0 Å². The summed E-state index contributed by atoms with van der Waals surface area (Å²) in [7, 11) is 0. The fourth-order valence-electron chi connectivity index (χ4n) is 1.91. The summed E-state index contributed by atoms with van der Waals surface area (Å²) in [5.74, 6) is 0.252. The molecule has 0 aromatic carbocycles. The third-order valence-electron chi connectivity index (χ3n) is 3.54. The van der Waals surface area contributed by atoms with E-state index in [4.69, 9.17) is 4.52 Å². The molecule has 6 heteroatoms. The molecule has 0 aliphatic rings. The normalized spacial score (nSPS) is 11.6. The van der Waals surface area contributed by atoms with E-state index in [1.807, 2.05) is 31.4 Å². The van der Waals surface area contributed by atoms with Crippen molar-refractivity contribution in [3.05, 3.63) is 29.3 Å². The molecule has 0 atom stereocenters. The molecule has 0 spiro atoms. The van der Waals surface area contributed by atoms with Gasteiger partial charge in [-0.2, -0.15) is 0 Å². The summed E-state index contributed by atoms with van der Waals surface area (Å²) >= 11 is 1.52. The zero-order chi connectivity index (χ0) is 14.6. The van der Waals surface area contributed by atoms with Crippen LogP contribution in [-0.2, 0) is 0 Å². The Morgan fingerprint density at radius 3 is 2.80 bits per heavy atom.